The van der Waals surface area contributed by atoms with Crippen molar-refractivity contribution in [3.8, 4) is 5.75 Å². The molecule has 21 heavy (non-hydrogen) atoms. The van der Waals surface area contributed by atoms with Crippen molar-refractivity contribution >= 4 is 17.4 Å². The number of nitrogens with zero attached hydrogens (tertiary/aromatic N) is 1. The Hall–Kier alpha value is -2.01. The van der Waals surface area contributed by atoms with E-state index in [0.717, 1.165) is 12.1 Å². The lowest BCUT2D eigenvalue weighted by atomic mass is 10.0. The standard InChI is InChI=1S/C15H12ClF2NO2/c1-8(2)21-10-3-9(6-19-7-10)15(20)11-4-14(18)12(16)5-13(11)17/h3-8H,1-2H3. The molecule has 0 amide bonds. The van der Waals surface area contributed by atoms with E-state index in [1.165, 1.54) is 18.5 Å². The van der Waals surface area contributed by atoms with Gasteiger partial charge in [-0.05, 0) is 32.0 Å². The van der Waals surface area contributed by atoms with Gasteiger partial charge >= 0.3 is 0 Å². The summed E-state index contributed by atoms with van der Waals surface area (Å²) >= 11 is 5.46. The molecular weight excluding hydrogens is 300 g/mol. The van der Waals surface area contributed by atoms with Gasteiger partial charge in [-0.25, -0.2) is 8.78 Å². The maximum absolute atomic E-state index is 13.8. The number of ketones is 1. The first-order valence-electron chi connectivity index (χ1n) is 6.19. The number of pyridine rings is 1. The van der Waals surface area contributed by atoms with Crippen molar-refractivity contribution in [2.45, 2.75) is 20.0 Å². The van der Waals surface area contributed by atoms with E-state index < -0.39 is 23.0 Å². The summed E-state index contributed by atoms with van der Waals surface area (Å²) in [5.41, 5.74) is -0.297. The van der Waals surface area contributed by atoms with Gasteiger partial charge in [0.2, 0.25) is 0 Å². The van der Waals surface area contributed by atoms with Crippen LogP contribution in [0.3, 0.4) is 0 Å². The third-order valence-corrected chi connectivity index (χ3v) is 2.89. The highest BCUT2D eigenvalue weighted by Crippen LogP contribution is 2.22. The number of benzene rings is 1. The molecule has 2 aromatic rings. The molecule has 0 atom stereocenters. The number of ether oxygens (including phenoxy) is 1. The molecule has 0 aliphatic heterocycles. The van der Waals surface area contributed by atoms with E-state index in [0.29, 0.717) is 5.75 Å². The van der Waals surface area contributed by atoms with Crippen molar-refractivity contribution in [1.29, 1.82) is 0 Å². The maximum Gasteiger partial charge on any atom is 0.197 e. The van der Waals surface area contributed by atoms with Gasteiger partial charge in [0, 0.05) is 11.8 Å². The van der Waals surface area contributed by atoms with E-state index >= 15 is 0 Å². The molecule has 1 aromatic carbocycles. The van der Waals surface area contributed by atoms with E-state index in [4.69, 9.17) is 16.3 Å². The fraction of sp³-hybridized carbons (Fsp3) is 0.200. The molecule has 0 aliphatic rings. The highest BCUT2D eigenvalue weighted by Gasteiger charge is 2.18. The first kappa shape index (κ1) is 15.4. The van der Waals surface area contributed by atoms with Crippen LogP contribution in [0.15, 0.2) is 30.6 Å². The van der Waals surface area contributed by atoms with Crippen LogP contribution in [-0.4, -0.2) is 16.9 Å². The molecule has 0 spiro atoms. The highest BCUT2D eigenvalue weighted by molar-refractivity contribution is 6.30. The quantitative estimate of drug-likeness (QED) is 0.632. The first-order chi connectivity index (χ1) is 9.88. The lowest BCUT2D eigenvalue weighted by Crippen LogP contribution is -2.09. The van der Waals surface area contributed by atoms with Gasteiger partial charge in [0.15, 0.2) is 5.78 Å². The molecule has 0 saturated carbocycles. The molecule has 0 unspecified atom stereocenters. The Kier molecular flexibility index (Phi) is 4.53. The highest BCUT2D eigenvalue weighted by atomic mass is 35.5. The van der Waals surface area contributed by atoms with Gasteiger partial charge in [-0.3, -0.25) is 9.78 Å². The molecular formula is C15H12ClF2NO2. The molecule has 0 bridgehead atoms. The Morgan fingerprint density at radius 1 is 1.19 bits per heavy atom. The second kappa shape index (κ2) is 6.18. The molecule has 110 valence electrons. The molecule has 1 heterocycles. The maximum atomic E-state index is 13.8. The number of rotatable bonds is 4. The van der Waals surface area contributed by atoms with Crippen LogP contribution < -0.4 is 4.74 Å². The van der Waals surface area contributed by atoms with Gasteiger partial charge in [-0.2, -0.15) is 0 Å². The largest absolute Gasteiger partial charge is 0.489 e. The topological polar surface area (TPSA) is 39.2 Å². The SMILES string of the molecule is CC(C)Oc1cncc(C(=O)c2cc(F)c(Cl)cc2F)c1. The van der Waals surface area contributed by atoms with E-state index in [1.54, 1.807) is 0 Å². The van der Waals surface area contributed by atoms with Gasteiger partial charge < -0.3 is 4.74 Å². The monoisotopic (exact) mass is 311 g/mol. The lowest BCUT2D eigenvalue weighted by Gasteiger charge is -2.10. The fourth-order valence-electron chi connectivity index (χ4n) is 1.73. The predicted octanol–water partition coefficient (Wildman–Crippen LogP) is 4.03. The van der Waals surface area contributed by atoms with Crippen LogP contribution in [0.1, 0.15) is 29.8 Å². The van der Waals surface area contributed by atoms with Gasteiger partial charge in [0.1, 0.15) is 17.4 Å². The molecule has 0 aliphatic carbocycles. The molecule has 6 heteroatoms. The Morgan fingerprint density at radius 3 is 2.57 bits per heavy atom. The molecule has 1 aromatic heterocycles. The van der Waals surface area contributed by atoms with Crippen molar-refractivity contribution in [2.24, 2.45) is 0 Å². The molecule has 0 fully saturated rings. The lowest BCUT2D eigenvalue weighted by molar-refractivity contribution is 0.103. The number of carbonyl (C=O) groups excluding carboxylic acids is 1. The number of hydrogen-bond acceptors (Lipinski definition) is 3. The molecule has 0 radical (unpaired) electrons. The van der Waals surface area contributed by atoms with Crippen molar-refractivity contribution in [1.82, 2.24) is 4.98 Å². The zero-order chi connectivity index (χ0) is 15.6. The second-order valence-corrected chi connectivity index (χ2v) is 5.06. The van der Waals surface area contributed by atoms with Crippen molar-refractivity contribution in [3.05, 3.63) is 58.4 Å². The van der Waals surface area contributed by atoms with Crippen LogP contribution in [0.25, 0.3) is 0 Å². The van der Waals surface area contributed by atoms with E-state index in [9.17, 15) is 13.6 Å². The average Bonchev–Trinajstić information content (AvgIpc) is 2.41. The molecule has 3 nitrogen and oxygen atoms in total. The Bertz CT molecular complexity index is 689. The zero-order valence-corrected chi connectivity index (χ0v) is 12.1. The van der Waals surface area contributed by atoms with Crippen LogP contribution in [0.4, 0.5) is 8.78 Å². The minimum atomic E-state index is -0.887. The summed E-state index contributed by atoms with van der Waals surface area (Å²) in [5, 5.41) is -0.376. The predicted molar refractivity (Wildman–Crippen MR) is 74.8 cm³/mol. The summed E-state index contributed by atoms with van der Waals surface area (Å²) in [6, 6.07) is 2.98. The van der Waals surface area contributed by atoms with E-state index in [2.05, 4.69) is 4.98 Å². The van der Waals surface area contributed by atoms with Crippen molar-refractivity contribution in [3.63, 3.8) is 0 Å². The van der Waals surface area contributed by atoms with E-state index in [-0.39, 0.29) is 16.7 Å². The van der Waals surface area contributed by atoms with Crippen molar-refractivity contribution in [2.75, 3.05) is 0 Å². The van der Waals surface area contributed by atoms with Crippen LogP contribution >= 0.6 is 11.6 Å². The third kappa shape index (κ3) is 3.55. The van der Waals surface area contributed by atoms with Gasteiger partial charge in [0.05, 0.1) is 22.9 Å². The average molecular weight is 312 g/mol. The summed E-state index contributed by atoms with van der Waals surface area (Å²) in [4.78, 5) is 16.1. The fourth-order valence-corrected chi connectivity index (χ4v) is 1.88. The second-order valence-electron chi connectivity index (χ2n) is 4.65. The third-order valence-electron chi connectivity index (χ3n) is 2.60. The van der Waals surface area contributed by atoms with E-state index in [1.807, 2.05) is 13.8 Å². The smallest absolute Gasteiger partial charge is 0.197 e. The number of halogens is 3. The Labute approximate surface area is 125 Å². The summed E-state index contributed by atoms with van der Waals surface area (Å²) in [6.45, 7) is 3.64. The zero-order valence-electron chi connectivity index (χ0n) is 11.4. The van der Waals surface area contributed by atoms with Crippen LogP contribution in [-0.2, 0) is 0 Å². The minimum absolute atomic E-state index is 0.0955. The van der Waals surface area contributed by atoms with Crippen LogP contribution in [0, 0.1) is 11.6 Å². The first-order valence-corrected chi connectivity index (χ1v) is 6.57. The summed E-state index contributed by atoms with van der Waals surface area (Å²) in [7, 11) is 0. The molecule has 0 saturated heterocycles. The normalized spacial score (nSPS) is 10.8. The van der Waals surface area contributed by atoms with Crippen LogP contribution in [0.2, 0.25) is 5.02 Å². The van der Waals surface area contributed by atoms with Crippen LogP contribution in [0.5, 0.6) is 5.75 Å². The Balaban J connectivity index is 2.38. The molecule has 0 N–H and O–H groups in total. The number of carbonyl (C=O) groups is 1. The Morgan fingerprint density at radius 2 is 1.90 bits per heavy atom. The van der Waals surface area contributed by atoms with Gasteiger partial charge in [0.25, 0.3) is 0 Å². The van der Waals surface area contributed by atoms with Gasteiger partial charge in [-0.1, -0.05) is 11.6 Å². The molecule has 2 rings (SSSR count). The van der Waals surface area contributed by atoms with Gasteiger partial charge in [-0.15, -0.1) is 0 Å². The number of aromatic nitrogens is 1. The summed E-state index contributed by atoms with van der Waals surface area (Å²) < 4.78 is 32.6. The minimum Gasteiger partial charge on any atom is -0.489 e. The summed E-state index contributed by atoms with van der Waals surface area (Å²) in [5.74, 6) is -2.05. The summed E-state index contributed by atoms with van der Waals surface area (Å²) in [6.07, 6.45) is 2.61. The van der Waals surface area contributed by atoms with Crippen molar-refractivity contribution < 1.29 is 18.3 Å². The number of hydrogen-bond donors (Lipinski definition) is 0.